The molecular formula is C15H17BrClNS. The van der Waals surface area contributed by atoms with E-state index in [4.69, 9.17) is 11.6 Å². The van der Waals surface area contributed by atoms with Gasteiger partial charge in [-0.05, 0) is 70.0 Å². The molecule has 2 aromatic rings. The van der Waals surface area contributed by atoms with Gasteiger partial charge >= 0.3 is 0 Å². The van der Waals surface area contributed by atoms with Crippen molar-refractivity contribution in [2.75, 3.05) is 6.54 Å². The average molecular weight is 359 g/mol. The van der Waals surface area contributed by atoms with Crippen LogP contribution in [0.5, 0.6) is 0 Å². The fourth-order valence-corrected chi connectivity index (χ4v) is 3.83. The standard InChI is InChI=1S/C15H17BrClNS/c1-3-6-18-15(13-8-19-9-14(13)16)12-7-11(17)5-4-10(12)2/h4-5,7-9,15,18H,3,6H2,1-2H3. The van der Waals surface area contributed by atoms with Crippen molar-refractivity contribution in [2.24, 2.45) is 0 Å². The van der Waals surface area contributed by atoms with Crippen molar-refractivity contribution in [3.63, 3.8) is 0 Å². The highest BCUT2D eigenvalue weighted by molar-refractivity contribution is 9.10. The van der Waals surface area contributed by atoms with E-state index in [0.717, 1.165) is 22.5 Å². The third-order valence-electron chi connectivity index (χ3n) is 3.10. The summed E-state index contributed by atoms with van der Waals surface area (Å²) in [4.78, 5) is 0. The predicted octanol–water partition coefficient (Wildman–Crippen LogP) is 5.56. The average Bonchev–Trinajstić information content (AvgIpc) is 2.80. The second kappa shape index (κ2) is 6.89. The largest absolute Gasteiger partial charge is 0.306 e. The topological polar surface area (TPSA) is 12.0 Å². The van der Waals surface area contributed by atoms with Gasteiger partial charge in [0.1, 0.15) is 0 Å². The zero-order valence-corrected chi connectivity index (χ0v) is 14.2. The first-order valence-electron chi connectivity index (χ1n) is 6.34. The zero-order chi connectivity index (χ0) is 13.8. The molecule has 0 aliphatic carbocycles. The number of aryl methyl sites for hydroxylation is 1. The van der Waals surface area contributed by atoms with Crippen LogP contribution in [0.15, 0.2) is 33.4 Å². The van der Waals surface area contributed by atoms with Gasteiger partial charge in [0.05, 0.1) is 6.04 Å². The van der Waals surface area contributed by atoms with E-state index in [0.29, 0.717) is 0 Å². The number of hydrogen-bond acceptors (Lipinski definition) is 2. The van der Waals surface area contributed by atoms with Gasteiger partial charge in [0.2, 0.25) is 0 Å². The Balaban J connectivity index is 2.42. The lowest BCUT2D eigenvalue weighted by atomic mass is 9.97. The molecule has 1 heterocycles. The number of rotatable bonds is 5. The summed E-state index contributed by atoms with van der Waals surface area (Å²) in [5, 5.41) is 8.72. The van der Waals surface area contributed by atoms with Gasteiger partial charge in [0.15, 0.2) is 0 Å². The van der Waals surface area contributed by atoms with E-state index in [9.17, 15) is 0 Å². The van der Waals surface area contributed by atoms with Crippen LogP contribution in [0, 0.1) is 6.92 Å². The minimum Gasteiger partial charge on any atom is -0.306 e. The van der Waals surface area contributed by atoms with Crippen molar-refractivity contribution in [1.29, 1.82) is 0 Å². The molecule has 0 aliphatic rings. The Hall–Kier alpha value is -0.350. The van der Waals surface area contributed by atoms with Crippen LogP contribution in [-0.2, 0) is 0 Å². The second-order valence-electron chi connectivity index (χ2n) is 4.56. The summed E-state index contributed by atoms with van der Waals surface area (Å²) < 4.78 is 1.16. The van der Waals surface area contributed by atoms with Crippen LogP contribution in [0.2, 0.25) is 5.02 Å². The van der Waals surface area contributed by atoms with Gasteiger partial charge in [0, 0.05) is 14.9 Å². The molecule has 1 nitrogen and oxygen atoms in total. The molecule has 1 atom stereocenters. The highest BCUT2D eigenvalue weighted by atomic mass is 79.9. The maximum atomic E-state index is 6.16. The minimum atomic E-state index is 0.194. The lowest BCUT2D eigenvalue weighted by Gasteiger charge is -2.21. The van der Waals surface area contributed by atoms with Gasteiger partial charge in [-0.3, -0.25) is 0 Å². The molecule has 102 valence electrons. The van der Waals surface area contributed by atoms with E-state index in [1.165, 1.54) is 16.7 Å². The minimum absolute atomic E-state index is 0.194. The Morgan fingerprint density at radius 1 is 1.32 bits per heavy atom. The molecule has 1 aromatic carbocycles. The maximum Gasteiger partial charge on any atom is 0.0599 e. The van der Waals surface area contributed by atoms with E-state index in [-0.39, 0.29) is 6.04 Å². The Kier molecular flexibility index (Phi) is 5.46. The first kappa shape index (κ1) is 15.0. The van der Waals surface area contributed by atoms with Crippen LogP contribution in [0.4, 0.5) is 0 Å². The molecule has 2 rings (SSSR count). The summed E-state index contributed by atoms with van der Waals surface area (Å²) in [7, 11) is 0. The van der Waals surface area contributed by atoms with E-state index in [2.05, 4.69) is 58.0 Å². The van der Waals surface area contributed by atoms with Gasteiger partial charge in [-0.2, -0.15) is 11.3 Å². The van der Waals surface area contributed by atoms with Gasteiger partial charge in [-0.25, -0.2) is 0 Å². The number of thiophene rings is 1. The number of benzene rings is 1. The van der Waals surface area contributed by atoms with Crippen molar-refractivity contribution in [1.82, 2.24) is 5.32 Å². The van der Waals surface area contributed by atoms with Crippen LogP contribution in [-0.4, -0.2) is 6.54 Å². The quantitative estimate of drug-likeness (QED) is 0.737. The molecule has 1 aromatic heterocycles. The summed E-state index contributed by atoms with van der Waals surface area (Å²) in [6, 6.07) is 6.28. The maximum absolute atomic E-state index is 6.16. The summed E-state index contributed by atoms with van der Waals surface area (Å²) >= 11 is 11.5. The summed E-state index contributed by atoms with van der Waals surface area (Å²) in [5.41, 5.74) is 3.79. The highest BCUT2D eigenvalue weighted by Crippen LogP contribution is 2.34. The normalized spacial score (nSPS) is 12.6. The SMILES string of the molecule is CCCNC(c1cc(Cl)ccc1C)c1cscc1Br. The third-order valence-corrected chi connectivity index (χ3v) is 5.09. The predicted molar refractivity (Wildman–Crippen MR) is 88.3 cm³/mol. The molecule has 0 bridgehead atoms. The Bertz CT molecular complexity index is 553. The molecule has 4 heteroatoms. The van der Waals surface area contributed by atoms with Crippen molar-refractivity contribution in [3.8, 4) is 0 Å². The van der Waals surface area contributed by atoms with Gasteiger partial charge in [0.25, 0.3) is 0 Å². The fraction of sp³-hybridized carbons (Fsp3) is 0.333. The first-order valence-corrected chi connectivity index (χ1v) is 8.46. The lowest BCUT2D eigenvalue weighted by molar-refractivity contribution is 0.596. The summed E-state index contributed by atoms with van der Waals surface area (Å²) in [6.45, 7) is 5.29. The lowest BCUT2D eigenvalue weighted by Crippen LogP contribution is -2.23. The molecular weight excluding hydrogens is 342 g/mol. The van der Waals surface area contributed by atoms with E-state index >= 15 is 0 Å². The number of halogens is 2. The van der Waals surface area contributed by atoms with Crippen LogP contribution in [0.25, 0.3) is 0 Å². The zero-order valence-electron chi connectivity index (χ0n) is 11.0. The van der Waals surface area contributed by atoms with E-state index in [1.807, 2.05) is 6.07 Å². The Labute approximate surface area is 132 Å². The van der Waals surface area contributed by atoms with Gasteiger partial charge in [-0.15, -0.1) is 0 Å². The van der Waals surface area contributed by atoms with E-state index in [1.54, 1.807) is 11.3 Å². The highest BCUT2D eigenvalue weighted by Gasteiger charge is 2.19. The van der Waals surface area contributed by atoms with Gasteiger partial charge < -0.3 is 5.32 Å². The Morgan fingerprint density at radius 3 is 2.74 bits per heavy atom. The van der Waals surface area contributed by atoms with E-state index < -0.39 is 0 Å². The first-order chi connectivity index (χ1) is 9.13. The molecule has 1 N–H and O–H groups in total. The molecule has 1 unspecified atom stereocenters. The second-order valence-corrected chi connectivity index (χ2v) is 6.60. The van der Waals surface area contributed by atoms with Crippen molar-refractivity contribution in [3.05, 3.63) is 55.1 Å². The number of hydrogen-bond donors (Lipinski definition) is 1. The molecule has 19 heavy (non-hydrogen) atoms. The molecule has 0 aliphatic heterocycles. The van der Waals surface area contributed by atoms with Gasteiger partial charge in [-0.1, -0.05) is 24.6 Å². The monoisotopic (exact) mass is 357 g/mol. The molecule has 0 spiro atoms. The molecule has 0 fully saturated rings. The Morgan fingerprint density at radius 2 is 2.11 bits per heavy atom. The molecule has 0 saturated heterocycles. The fourth-order valence-electron chi connectivity index (χ4n) is 2.10. The van der Waals surface area contributed by atoms with Crippen molar-refractivity contribution >= 4 is 38.9 Å². The molecule has 0 radical (unpaired) electrons. The van der Waals surface area contributed by atoms with Crippen LogP contribution in [0.1, 0.15) is 36.1 Å². The van der Waals surface area contributed by atoms with Crippen LogP contribution >= 0.6 is 38.9 Å². The summed E-state index contributed by atoms with van der Waals surface area (Å²) in [6.07, 6.45) is 1.11. The third kappa shape index (κ3) is 3.60. The van der Waals surface area contributed by atoms with Crippen LogP contribution < -0.4 is 5.32 Å². The summed E-state index contributed by atoms with van der Waals surface area (Å²) in [5.74, 6) is 0. The van der Waals surface area contributed by atoms with Crippen molar-refractivity contribution in [2.45, 2.75) is 26.3 Å². The van der Waals surface area contributed by atoms with Crippen molar-refractivity contribution < 1.29 is 0 Å². The molecule has 0 saturated carbocycles. The smallest absolute Gasteiger partial charge is 0.0599 e. The molecule has 0 amide bonds. The van der Waals surface area contributed by atoms with Crippen LogP contribution in [0.3, 0.4) is 0 Å². The number of nitrogens with one attached hydrogen (secondary N) is 1.